The molecule has 1 aliphatic heterocycles. The SMILES string of the molecule is C[C@H]1CC(=O)[C@@H]2CCCC[C@@H]2S1(=O)=O. The Morgan fingerprint density at radius 3 is 2.57 bits per heavy atom. The molecule has 0 aromatic heterocycles. The molecule has 1 heterocycles. The highest BCUT2D eigenvalue weighted by Crippen LogP contribution is 2.37. The molecule has 4 heteroatoms. The highest BCUT2D eigenvalue weighted by Gasteiger charge is 2.46. The Morgan fingerprint density at radius 2 is 1.86 bits per heavy atom. The third-order valence-electron chi connectivity index (χ3n) is 3.59. The van der Waals surface area contributed by atoms with Crippen molar-refractivity contribution in [3.8, 4) is 0 Å². The molecule has 3 atom stereocenters. The molecule has 0 aromatic carbocycles. The number of hydrogen-bond donors (Lipinski definition) is 0. The average molecular weight is 216 g/mol. The number of Topliss-reactive ketones (excluding diaryl/α,β-unsaturated/α-hetero) is 1. The van der Waals surface area contributed by atoms with Crippen molar-refractivity contribution in [1.29, 1.82) is 0 Å². The minimum absolute atomic E-state index is 0.176. The van der Waals surface area contributed by atoms with Gasteiger partial charge in [-0.15, -0.1) is 0 Å². The summed E-state index contributed by atoms with van der Waals surface area (Å²) >= 11 is 0. The van der Waals surface area contributed by atoms with Gasteiger partial charge in [0, 0.05) is 12.3 Å². The fourth-order valence-corrected chi connectivity index (χ4v) is 4.94. The van der Waals surface area contributed by atoms with Crippen LogP contribution in [0.15, 0.2) is 0 Å². The maximum absolute atomic E-state index is 11.9. The van der Waals surface area contributed by atoms with E-state index in [1.807, 2.05) is 0 Å². The van der Waals surface area contributed by atoms with Crippen molar-refractivity contribution in [2.75, 3.05) is 0 Å². The first-order valence-corrected chi connectivity index (χ1v) is 6.90. The second-order valence-electron chi connectivity index (χ2n) is 4.50. The predicted octanol–water partition coefficient (Wildman–Crippen LogP) is 1.32. The lowest BCUT2D eigenvalue weighted by Crippen LogP contribution is -2.47. The maximum atomic E-state index is 11.9. The first-order valence-electron chi connectivity index (χ1n) is 5.29. The van der Waals surface area contributed by atoms with Gasteiger partial charge < -0.3 is 0 Å². The Bertz CT molecular complexity index is 344. The Labute approximate surface area is 84.8 Å². The zero-order valence-corrected chi connectivity index (χ0v) is 9.22. The van der Waals surface area contributed by atoms with Gasteiger partial charge in [0.15, 0.2) is 9.84 Å². The van der Waals surface area contributed by atoms with E-state index in [9.17, 15) is 13.2 Å². The molecule has 1 saturated carbocycles. The number of fused-ring (bicyclic) bond motifs is 1. The van der Waals surface area contributed by atoms with Gasteiger partial charge in [-0.05, 0) is 19.8 Å². The van der Waals surface area contributed by atoms with Crippen molar-refractivity contribution in [2.45, 2.75) is 49.5 Å². The molecular formula is C10H16O3S. The molecule has 1 saturated heterocycles. The summed E-state index contributed by atoms with van der Waals surface area (Å²) in [6.45, 7) is 1.66. The van der Waals surface area contributed by atoms with Gasteiger partial charge in [0.05, 0.1) is 10.5 Å². The van der Waals surface area contributed by atoms with Crippen molar-refractivity contribution in [2.24, 2.45) is 5.92 Å². The molecule has 80 valence electrons. The third-order valence-corrected chi connectivity index (χ3v) is 6.28. The van der Waals surface area contributed by atoms with Gasteiger partial charge in [-0.25, -0.2) is 8.42 Å². The van der Waals surface area contributed by atoms with Crippen LogP contribution >= 0.6 is 0 Å². The van der Waals surface area contributed by atoms with Crippen LogP contribution in [-0.2, 0) is 14.6 Å². The van der Waals surface area contributed by atoms with Crippen LogP contribution in [-0.4, -0.2) is 24.7 Å². The smallest absolute Gasteiger partial charge is 0.156 e. The molecule has 0 radical (unpaired) electrons. The Kier molecular flexibility index (Phi) is 2.41. The fraction of sp³-hybridized carbons (Fsp3) is 0.900. The number of sulfone groups is 1. The number of hydrogen-bond acceptors (Lipinski definition) is 3. The molecule has 0 amide bonds. The first-order chi connectivity index (χ1) is 6.53. The predicted molar refractivity (Wildman–Crippen MR) is 53.8 cm³/mol. The van der Waals surface area contributed by atoms with Crippen molar-refractivity contribution in [1.82, 2.24) is 0 Å². The number of carbonyl (C=O) groups is 1. The van der Waals surface area contributed by atoms with Gasteiger partial charge in [0.1, 0.15) is 5.78 Å². The molecule has 3 nitrogen and oxygen atoms in total. The second-order valence-corrected chi connectivity index (χ2v) is 7.09. The van der Waals surface area contributed by atoms with E-state index in [0.717, 1.165) is 19.3 Å². The monoisotopic (exact) mass is 216 g/mol. The Balaban J connectivity index is 2.35. The van der Waals surface area contributed by atoms with Crippen molar-refractivity contribution >= 4 is 15.6 Å². The topological polar surface area (TPSA) is 51.2 Å². The van der Waals surface area contributed by atoms with Gasteiger partial charge in [-0.2, -0.15) is 0 Å². The summed E-state index contributed by atoms with van der Waals surface area (Å²) in [5.41, 5.74) is 0. The van der Waals surface area contributed by atoms with E-state index >= 15 is 0 Å². The molecule has 0 unspecified atom stereocenters. The van der Waals surface area contributed by atoms with Crippen LogP contribution < -0.4 is 0 Å². The summed E-state index contributed by atoms with van der Waals surface area (Å²) in [5, 5.41) is -0.804. The fourth-order valence-electron chi connectivity index (χ4n) is 2.71. The van der Waals surface area contributed by atoms with Crippen LogP contribution in [0.1, 0.15) is 39.0 Å². The van der Waals surface area contributed by atoms with Gasteiger partial charge in [0.25, 0.3) is 0 Å². The first kappa shape index (κ1) is 10.1. The minimum Gasteiger partial charge on any atom is -0.299 e. The Hall–Kier alpha value is -0.380. The van der Waals surface area contributed by atoms with Crippen molar-refractivity contribution in [3.63, 3.8) is 0 Å². The lowest BCUT2D eigenvalue weighted by Gasteiger charge is -2.36. The summed E-state index contributed by atoms with van der Waals surface area (Å²) < 4.78 is 23.9. The second kappa shape index (κ2) is 3.33. The van der Waals surface area contributed by atoms with Crippen LogP contribution in [0.4, 0.5) is 0 Å². The minimum atomic E-state index is -3.02. The zero-order valence-electron chi connectivity index (χ0n) is 8.40. The van der Waals surface area contributed by atoms with E-state index < -0.39 is 15.1 Å². The van der Waals surface area contributed by atoms with E-state index in [1.165, 1.54) is 0 Å². The molecule has 0 spiro atoms. The normalized spacial score (nSPS) is 41.8. The van der Waals surface area contributed by atoms with Crippen LogP contribution in [0, 0.1) is 5.92 Å². The summed E-state index contributed by atoms with van der Waals surface area (Å²) in [6.07, 6.45) is 3.69. The summed E-state index contributed by atoms with van der Waals surface area (Å²) in [6, 6.07) is 0. The molecule has 1 aliphatic carbocycles. The van der Waals surface area contributed by atoms with E-state index in [0.29, 0.717) is 6.42 Å². The van der Waals surface area contributed by atoms with Crippen LogP contribution in [0.5, 0.6) is 0 Å². The summed E-state index contributed by atoms with van der Waals surface area (Å²) in [4.78, 5) is 11.7. The molecule has 0 aromatic rings. The van der Waals surface area contributed by atoms with Crippen LogP contribution in [0.2, 0.25) is 0 Å². The molecule has 2 fully saturated rings. The molecule has 0 N–H and O–H groups in total. The quantitative estimate of drug-likeness (QED) is 0.613. The molecule has 2 rings (SSSR count). The lowest BCUT2D eigenvalue weighted by molar-refractivity contribution is -0.124. The van der Waals surface area contributed by atoms with Gasteiger partial charge >= 0.3 is 0 Å². The van der Waals surface area contributed by atoms with E-state index in [-0.39, 0.29) is 23.4 Å². The maximum Gasteiger partial charge on any atom is 0.156 e. The largest absolute Gasteiger partial charge is 0.299 e. The van der Waals surface area contributed by atoms with Gasteiger partial charge in [-0.3, -0.25) is 4.79 Å². The van der Waals surface area contributed by atoms with Gasteiger partial charge in [0.2, 0.25) is 0 Å². The standard InChI is InChI=1S/C10H16O3S/c1-7-6-9(11)8-4-2-3-5-10(8)14(7,12)13/h7-8,10H,2-6H2,1H3/t7-,8-,10-/m0/s1. The van der Waals surface area contributed by atoms with E-state index in [1.54, 1.807) is 6.92 Å². The van der Waals surface area contributed by atoms with Crippen LogP contribution in [0.25, 0.3) is 0 Å². The molecule has 14 heavy (non-hydrogen) atoms. The Morgan fingerprint density at radius 1 is 1.21 bits per heavy atom. The molecule has 0 bridgehead atoms. The number of carbonyl (C=O) groups excluding carboxylic acids is 1. The van der Waals surface area contributed by atoms with E-state index in [4.69, 9.17) is 0 Å². The highest BCUT2D eigenvalue weighted by atomic mass is 32.2. The van der Waals surface area contributed by atoms with Crippen molar-refractivity contribution < 1.29 is 13.2 Å². The zero-order chi connectivity index (χ0) is 10.3. The van der Waals surface area contributed by atoms with Crippen LogP contribution in [0.3, 0.4) is 0 Å². The number of rotatable bonds is 0. The summed E-state index contributed by atoms with van der Waals surface area (Å²) in [7, 11) is -3.02. The van der Waals surface area contributed by atoms with Gasteiger partial charge in [-0.1, -0.05) is 12.8 Å². The lowest BCUT2D eigenvalue weighted by atomic mass is 9.84. The van der Waals surface area contributed by atoms with Crippen molar-refractivity contribution in [3.05, 3.63) is 0 Å². The molecular weight excluding hydrogens is 200 g/mol. The summed E-state index contributed by atoms with van der Waals surface area (Å²) in [5.74, 6) is 0.00183. The average Bonchev–Trinajstić information content (AvgIpc) is 2.16. The number of ketones is 1. The van der Waals surface area contributed by atoms with E-state index in [2.05, 4.69) is 0 Å². The highest BCUT2D eigenvalue weighted by molar-refractivity contribution is 7.92. The molecule has 2 aliphatic rings. The third kappa shape index (κ3) is 1.40.